The Hall–Kier alpha value is -4.95. The summed E-state index contributed by atoms with van der Waals surface area (Å²) in [7, 11) is 0. The molecule has 49 heavy (non-hydrogen) atoms. The molecule has 2 heterocycles. The Balaban J connectivity index is 1.25. The Labute approximate surface area is 290 Å². The number of amides is 1. The van der Waals surface area contributed by atoms with Crippen molar-refractivity contribution >= 4 is 35.4 Å². The molecule has 8 heteroatoms. The molecule has 0 radical (unpaired) electrons. The number of β-lactam (4-membered cyclic amide) rings is 1. The first-order valence-corrected chi connectivity index (χ1v) is 17.3. The van der Waals surface area contributed by atoms with Crippen LogP contribution in [0.25, 0.3) is 0 Å². The van der Waals surface area contributed by atoms with Gasteiger partial charge in [-0.3, -0.25) is 9.59 Å². The molecule has 0 saturated carbocycles. The summed E-state index contributed by atoms with van der Waals surface area (Å²) in [6, 6.07) is 36.8. The molecule has 2 aliphatic heterocycles. The van der Waals surface area contributed by atoms with Crippen molar-refractivity contribution in [2.24, 2.45) is 11.3 Å². The average molecular weight is 672 g/mol. The van der Waals surface area contributed by atoms with E-state index in [2.05, 4.69) is 0 Å². The molecule has 1 spiro atoms. The molecule has 1 aliphatic carbocycles. The number of carbonyl (C=O) groups excluding carboxylic acids is 4. The van der Waals surface area contributed by atoms with Gasteiger partial charge in [0, 0.05) is 16.6 Å². The van der Waals surface area contributed by atoms with Crippen molar-refractivity contribution in [1.82, 2.24) is 4.90 Å². The summed E-state index contributed by atoms with van der Waals surface area (Å²) in [5, 5.41) is -0.669. The van der Waals surface area contributed by atoms with Crippen LogP contribution in [0.2, 0.25) is 0 Å². The number of hydrogen-bond donors (Lipinski definition) is 0. The van der Waals surface area contributed by atoms with Crippen molar-refractivity contribution in [3.05, 3.63) is 155 Å². The third kappa shape index (κ3) is 5.48. The van der Waals surface area contributed by atoms with Gasteiger partial charge in [-0.15, -0.1) is 11.8 Å². The number of allylic oxidation sites excluding steroid dienone is 1. The maximum atomic E-state index is 14.9. The Bertz CT molecular complexity index is 1870. The Morgan fingerprint density at radius 2 is 1.33 bits per heavy atom. The van der Waals surface area contributed by atoms with E-state index < -0.39 is 57.4 Å². The van der Waals surface area contributed by atoms with Crippen LogP contribution in [0, 0.1) is 11.3 Å². The number of carbonyl (C=O) groups is 4. The molecule has 0 N–H and O–H groups in total. The zero-order chi connectivity index (χ0) is 34.3. The summed E-state index contributed by atoms with van der Waals surface area (Å²) in [5.41, 5.74) is 1.91. The van der Waals surface area contributed by atoms with E-state index in [0.29, 0.717) is 0 Å². The van der Waals surface area contributed by atoms with Gasteiger partial charge in [-0.2, -0.15) is 0 Å². The van der Waals surface area contributed by atoms with Gasteiger partial charge in [-0.05, 0) is 43.0 Å². The molecule has 4 aromatic rings. The fraction of sp³-hybridized carbons (Fsp3) is 0.268. The summed E-state index contributed by atoms with van der Waals surface area (Å²) in [6.07, 6.45) is 1.06. The van der Waals surface area contributed by atoms with E-state index in [1.54, 1.807) is 11.0 Å². The van der Waals surface area contributed by atoms with Crippen LogP contribution in [-0.2, 0) is 35.3 Å². The highest BCUT2D eigenvalue weighted by molar-refractivity contribution is 8.01. The number of nitrogens with zero attached hydrogens (tertiary/aromatic N) is 1. The maximum absolute atomic E-state index is 14.9. The number of hydrogen-bond acceptors (Lipinski definition) is 7. The molecule has 5 atom stereocenters. The summed E-state index contributed by atoms with van der Waals surface area (Å²) in [5.74, 6) is -3.22. The van der Waals surface area contributed by atoms with Crippen LogP contribution in [0.15, 0.2) is 133 Å². The third-order valence-electron chi connectivity index (χ3n) is 9.94. The molecule has 7 nitrogen and oxygen atoms in total. The van der Waals surface area contributed by atoms with Gasteiger partial charge in [-0.1, -0.05) is 127 Å². The number of esters is 2. The van der Waals surface area contributed by atoms with Gasteiger partial charge in [0.2, 0.25) is 5.91 Å². The van der Waals surface area contributed by atoms with Crippen molar-refractivity contribution in [3.63, 3.8) is 0 Å². The lowest BCUT2D eigenvalue weighted by molar-refractivity contribution is -0.180. The van der Waals surface area contributed by atoms with E-state index >= 15 is 0 Å². The van der Waals surface area contributed by atoms with Crippen molar-refractivity contribution in [2.75, 3.05) is 0 Å². The molecule has 2 fully saturated rings. The fourth-order valence-corrected chi connectivity index (χ4v) is 9.61. The predicted octanol–water partition coefficient (Wildman–Crippen LogP) is 7.04. The lowest BCUT2D eigenvalue weighted by Crippen LogP contribution is -2.72. The molecule has 0 unspecified atom stereocenters. The van der Waals surface area contributed by atoms with Crippen LogP contribution >= 0.6 is 11.8 Å². The van der Waals surface area contributed by atoms with Crippen molar-refractivity contribution in [2.45, 2.75) is 55.6 Å². The van der Waals surface area contributed by atoms with Crippen LogP contribution in [-0.4, -0.2) is 44.7 Å². The molecule has 7 rings (SSSR count). The van der Waals surface area contributed by atoms with Crippen LogP contribution in [0.4, 0.5) is 0 Å². The highest BCUT2D eigenvalue weighted by Crippen LogP contribution is 2.68. The Kier molecular flexibility index (Phi) is 8.53. The van der Waals surface area contributed by atoms with Crippen molar-refractivity contribution in [1.29, 1.82) is 0 Å². The van der Waals surface area contributed by atoms with Crippen molar-refractivity contribution in [3.8, 4) is 0 Å². The zero-order valence-corrected chi connectivity index (χ0v) is 28.3. The van der Waals surface area contributed by atoms with E-state index in [1.165, 1.54) is 18.7 Å². The number of ether oxygens (including phenoxy) is 2. The first kappa shape index (κ1) is 32.6. The van der Waals surface area contributed by atoms with Gasteiger partial charge >= 0.3 is 11.9 Å². The predicted molar refractivity (Wildman–Crippen MR) is 187 cm³/mol. The zero-order valence-electron chi connectivity index (χ0n) is 27.5. The van der Waals surface area contributed by atoms with Gasteiger partial charge in [0.1, 0.15) is 23.8 Å². The van der Waals surface area contributed by atoms with Gasteiger partial charge < -0.3 is 14.4 Å². The second kappa shape index (κ2) is 12.8. The SMILES string of the molecule is CC(=O)[C@H]1[C@@H](c2ccccc2)C=C(C(=O)OCc2ccccc2)[C@]12C(=O)N1[C@@H](C(=O)OC(c3ccccc3)c3ccccc3)C(C)(C)S[C@@H]12. The molecule has 0 aromatic heterocycles. The molecule has 4 aromatic carbocycles. The van der Waals surface area contributed by atoms with E-state index in [9.17, 15) is 19.2 Å². The van der Waals surface area contributed by atoms with Crippen LogP contribution in [0.5, 0.6) is 0 Å². The normalized spacial score (nSPS) is 25.0. The second-order valence-corrected chi connectivity index (χ2v) is 15.1. The number of benzene rings is 4. The number of thioether (sulfide) groups is 1. The average Bonchev–Trinajstić information content (AvgIpc) is 3.63. The largest absolute Gasteiger partial charge is 0.457 e. The standard InChI is InChI=1S/C41H37NO6S/c1-26(43)33-31(28-18-10-5-11-19-28)24-32(36(44)47-25-27-16-8-4-9-17-27)41(33)38(46)42-35(40(2,3)49-39(41)42)37(45)48-34(29-20-12-6-13-21-29)30-22-14-7-15-23-30/h4-24,31,33-35,39H,25H2,1-3H3/t31-,33+,35+,39-,41-/m1/s1. The minimum atomic E-state index is -1.50. The minimum Gasteiger partial charge on any atom is -0.457 e. The van der Waals surface area contributed by atoms with Gasteiger partial charge in [-0.25, -0.2) is 9.59 Å². The first-order valence-electron chi connectivity index (χ1n) is 16.4. The molecule has 3 aliphatic rings. The minimum absolute atomic E-state index is 0.0182. The van der Waals surface area contributed by atoms with Gasteiger partial charge in [0.25, 0.3) is 0 Å². The summed E-state index contributed by atoms with van der Waals surface area (Å²) < 4.78 is 11.3. The molecule has 0 bridgehead atoms. The number of Topliss-reactive ketones (excluding diaryl/α,β-unsaturated/α-hetero) is 1. The maximum Gasteiger partial charge on any atom is 0.335 e. The lowest BCUT2D eigenvalue weighted by Gasteiger charge is -2.55. The molecular formula is C41H37NO6S. The molecular weight excluding hydrogens is 635 g/mol. The highest BCUT2D eigenvalue weighted by atomic mass is 32.2. The van der Waals surface area contributed by atoms with E-state index in [4.69, 9.17) is 9.47 Å². The van der Waals surface area contributed by atoms with E-state index in [1.807, 2.05) is 135 Å². The van der Waals surface area contributed by atoms with Gasteiger partial charge in [0.15, 0.2) is 6.10 Å². The van der Waals surface area contributed by atoms with Gasteiger partial charge in [0.05, 0.1) is 10.9 Å². The molecule has 1 amide bonds. The number of rotatable bonds is 9. The lowest BCUT2D eigenvalue weighted by atomic mass is 9.62. The van der Waals surface area contributed by atoms with Crippen LogP contribution in [0.1, 0.15) is 55.0 Å². The first-order chi connectivity index (χ1) is 23.6. The van der Waals surface area contributed by atoms with Crippen LogP contribution in [0.3, 0.4) is 0 Å². The molecule has 248 valence electrons. The summed E-state index contributed by atoms with van der Waals surface area (Å²) in [4.78, 5) is 58.5. The van der Waals surface area contributed by atoms with Crippen LogP contribution < -0.4 is 0 Å². The Morgan fingerprint density at radius 3 is 1.88 bits per heavy atom. The van der Waals surface area contributed by atoms with E-state index in [-0.39, 0.29) is 18.0 Å². The highest BCUT2D eigenvalue weighted by Gasteiger charge is 2.78. The topological polar surface area (TPSA) is 90.0 Å². The monoisotopic (exact) mass is 671 g/mol. The summed E-state index contributed by atoms with van der Waals surface area (Å²) >= 11 is 1.43. The fourth-order valence-electron chi connectivity index (χ4n) is 7.81. The van der Waals surface area contributed by atoms with E-state index in [0.717, 1.165) is 22.3 Å². The smallest absolute Gasteiger partial charge is 0.335 e. The summed E-state index contributed by atoms with van der Waals surface area (Å²) in [6.45, 7) is 5.31. The van der Waals surface area contributed by atoms with Crippen molar-refractivity contribution < 1.29 is 28.7 Å². The number of fused-ring (bicyclic) bond motifs is 2. The Morgan fingerprint density at radius 1 is 0.796 bits per heavy atom. The quantitative estimate of drug-likeness (QED) is 0.139. The third-order valence-corrected chi connectivity index (χ3v) is 11.6. The molecule has 2 saturated heterocycles. The second-order valence-electron chi connectivity index (χ2n) is 13.4. The number of ketones is 1.